The first-order valence-electron chi connectivity index (χ1n) is 4.18. The molecule has 2 nitrogen and oxygen atoms in total. The van der Waals surface area contributed by atoms with Crippen molar-refractivity contribution >= 4 is 12.0 Å². The molecule has 2 heteroatoms. The largest absolute Gasteiger partial charge is 0.359 e. The van der Waals surface area contributed by atoms with Crippen LogP contribution in [0.4, 0.5) is 0 Å². The molecule has 0 unspecified atom stereocenters. The van der Waals surface area contributed by atoms with E-state index in [0.29, 0.717) is 6.42 Å². The molecule has 0 aliphatic carbocycles. The molecule has 0 aliphatic heterocycles. The van der Waals surface area contributed by atoms with E-state index in [2.05, 4.69) is 11.9 Å². The van der Waals surface area contributed by atoms with E-state index < -0.39 is 0 Å². The van der Waals surface area contributed by atoms with Crippen molar-refractivity contribution in [2.24, 2.45) is 0 Å². The highest BCUT2D eigenvalue weighted by Gasteiger charge is 1.99. The maximum atomic E-state index is 11.0. The molecule has 1 aromatic rings. The standard InChI is InChI=1S/C11H13NO/c1-3-9-5-4-6-10(7-9)8-11(13)12-2/h3-7H,1,8H2,2H3,(H,12,13). The normalized spacial score (nSPS) is 9.31. The van der Waals surface area contributed by atoms with Crippen LogP contribution in [0.2, 0.25) is 0 Å². The summed E-state index contributed by atoms with van der Waals surface area (Å²) < 4.78 is 0. The van der Waals surface area contributed by atoms with Gasteiger partial charge in [0.05, 0.1) is 6.42 Å². The van der Waals surface area contributed by atoms with Gasteiger partial charge in [-0.15, -0.1) is 0 Å². The van der Waals surface area contributed by atoms with Crippen molar-refractivity contribution < 1.29 is 4.79 Å². The predicted octanol–water partition coefficient (Wildman–Crippen LogP) is 1.62. The Bertz CT molecular complexity index is 318. The van der Waals surface area contributed by atoms with Gasteiger partial charge < -0.3 is 5.32 Å². The third-order valence-electron chi connectivity index (χ3n) is 1.83. The Labute approximate surface area is 78.3 Å². The fourth-order valence-electron chi connectivity index (χ4n) is 1.10. The number of amides is 1. The number of carbonyl (C=O) groups is 1. The third kappa shape index (κ3) is 2.75. The fourth-order valence-corrected chi connectivity index (χ4v) is 1.10. The summed E-state index contributed by atoms with van der Waals surface area (Å²) in [5.41, 5.74) is 2.05. The number of nitrogens with one attached hydrogen (secondary N) is 1. The number of hydrogen-bond donors (Lipinski definition) is 1. The number of benzene rings is 1. The van der Waals surface area contributed by atoms with E-state index in [1.165, 1.54) is 0 Å². The van der Waals surface area contributed by atoms with Crippen LogP contribution in [0.25, 0.3) is 6.08 Å². The van der Waals surface area contributed by atoms with Gasteiger partial charge in [0, 0.05) is 7.05 Å². The van der Waals surface area contributed by atoms with Crippen molar-refractivity contribution in [1.82, 2.24) is 5.32 Å². The van der Waals surface area contributed by atoms with E-state index in [9.17, 15) is 4.79 Å². The lowest BCUT2D eigenvalue weighted by molar-refractivity contribution is -0.119. The van der Waals surface area contributed by atoms with Gasteiger partial charge in [0.1, 0.15) is 0 Å². The number of hydrogen-bond acceptors (Lipinski definition) is 1. The topological polar surface area (TPSA) is 29.1 Å². The summed E-state index contributed by atoms with van der Waals surface area (Å²) in [5, 5.41) is 2.59. The molecule has 1 rings (SSSR count). The molecule has 0 atom stereocenters. The molecule has 1 N–H and O–H groups in total. The van der Waals surface area contributed by atoms with Crippen LogP contribution in [0.15, 0.2) is 30.8 Å². The second-order valence-corrected chi connectivity index (χ2v) is 2.80. The van der Waals surface area contributed by atoms with Crippen LogP contribution in [-0.4, -0.2) is 13.0 Å². The summed E-state index contributed by atoms with van der Waals surface area (Å²) in [7, 11) is 1.64. The fraction of sp³-hybridized carbons (Fsp3) is 0.182. The SMILES string of the molecule is C=Cc1cccc(CC(=O)NC)c1. The predicted molar refractivity (Wildman–Crippen MR) is 54.3 cm³/mol. The lowest BCUT2D eigenvalue weighted by atomic mass is 10.1. The molecule has 68 valence electrons. The summed E-state index contributed by atoms with van der Waals surface area (Å²) in [6.07, 6.45) is 2.20. The highest BCUT2D eigenvalue weighted by atomic mass is 16.1. The van der Waals surface area contributed by atoms with Gasteiger partial charge in [-0.3, -0.25) is 4.79 Å². The quantitative estimate of drug-likeness (QED) is 0.743. The van der Waals surface area contributed by atoms with Crippen LogP contribution in [0.3, 0.4) is 0 Å². The van der Waals surface area contributed by atoms with Crippen LogP contribution in [0.5, 0.6) is 0 Å². The van der Waals surface area contributed by atoms with Gasteiger partial charge in [-0.05, 0) is 11.1 Å². The Morgan fingerprint density at radius 3 is 3.00 bits per heavy atom. The summed E-state index contributed by atoms with van der Waals surface area (Å²) in [6.45, 7) is 3.67. The zero-order valence-corrected chi connectivity index (χ0v) is 7.71. The maximum absolute atomic E-state index is 11.0. The highest BCUT2D eigenvalue weighted by Crippen LogP contribution is 2.06. The van der Waals surface area contributed by atoms with Gasteiger partial charge in [-0.25, -0.2) is 0 Å². The molecule has 0 spiro atoms. The first kappa shape index (κ1) is 9.52. The van der Waals surface area contributed by atoms with E-state index in [4.69, 9.17) is 0 Å². The molecular weight excluding hydrogens is 162 g/mol. The van der Waals surface area contributed by atoms with Crippen molar-refractivity contribution in [2.75, 3.05) is 7.05 Å². The molecule has 0 aromatic heterocycles. The number of likely N-dealkylation sites (N-methyl/N-ethyl adjacent to an activating group) is 1. The second-order valence-electron chi connectivity index (χ2n) is 2.80. The molecule has 0 bridgehead atoms. The molecule has 0 heterocycles. The van der Waals surface area contributed by atoms with E-state index in [1.807, 2.05) is 24.3 Å². The summed E-state index contributed by atoms with van der Waals surface area (Å²) in [5.74, 6) is 0.0289. The molecule has 0 radical (unpaired) electrons. The average molecular weight is 175 g/mol. The van der Waals surface area contributed by atoms with Gasteiger partial charge in [0.2, 0.25) is 5.91 Å². The Morgan fingerprint density at radius 1 is 1.62 bits per heavy atom. The molecule has 0 fully saturated rings. The van der Waals surface area contributed by atoms with E-state index in [0.717, 1.165) is 11.1 Å². The lowest BCUT2D eigenvalue weighted by Gasteiger charge is -2.01. The molecule has 1 aromatic carbocycles. The van der Waals surface area contributed by atoms with Gasteiger partial charge in [-0.2, -0.15) is 0 Å². The van der Waals surface area contributed by atoms with Crippen LogP contribution in [0.1, 0.15) is 11.1 Å². The number of carbonyl (C=O) groups excluding carboxylic acids is 1. The molecule has 0 saturated carbocycles. The van der Waals surface area contributed by atoms with Crippen molar-refractivity contribution in [2.45, 2.75) is 6.42 Å². The van der Waals surface area contributed by atoms with Crippen LogP contribution in [0, 0.1) is 0 Å². The molecule has 0 saturated heterocycles. The van der Waals surface area contributed by atoms with Gasteiger partial charge in [-0.1, -0.05) is 36.9 Å². The van der Waals surface area contributed by atoms with E-state index in [-0.39, 0.29) is 5.91 Å². The lowest BCUT2D eigenvalue weighted by Crippen LogP contribution is -2.19. The second kappa shape index (κ2) is 4.45. The summed E-state index contributed by atoms with van der Waals surface area (Å²) in [6, 6.07) is 7.78. The van der Waals surface area contributed by atoms with Crippen LogP contribution in [-0.2, 0) is 11.2 Å². The van der Waals surface area contributed by atoms with Crippen molar-refractivity contribution in [3.8, 4) is 0 Å². The number of rotatable bonds is 3. The molecule has 0 aliphatic rings. The zero-order chi connectivity index (χ0) is 9.68. The zero-order valence-electron chi connectivity index (χ0n) is 7.71. The minimum Gasteiger partial charge on any atom is -0.359 e. The minimum absolute atomic E-state index is 0.0289. The molecule has 13 heavy (non-hydrogen) atoms. The Kier molecular flexibility index (Phi) is 3.26. The Balaban J connectivity index is 2.77. The Hall–Kier alpha value is -1.57. The van der Waals surface area contributed by atoms with Crippen molar-refractivity contribution in [3.63, 3.8) is 0 Å². The van der Waals surface area contributed by atoms with Gasteiger partial charge in [0.15, 0.2) is 0 Å². The van der Waals surface area contributed by atoms with Gasteiger partial charge >= 0.3 is 0 Å². The third-order valence-corrected chi connectivity index (χ3v) is 1.83. The average Bonchev–Trinajstić information content (AvgIpc) is 2.18. The van der Waals surface area contributed by atoms with Crippen LogP contribution < -0.4 is 5.32 Å². The van der Waals surface area contributed by atoms with E-state index >= 15 is 0 Å². The monoisotopic (exact) mass is 175 g/mol. The maximum Gasteiger partial charge on any atom is 0.224 e. The van der Waals surface area contributed by atoms with Crippen molar-refractivity contribution in [1.29, 1.82) is 0 Å². The summed E-state index contributed by atoms with van der Waals surface area (Å²) in [4.78, 5) is 11.0. The molecular formula is C11H13NO. The van der Waals surface area contributed by atoms with E-state index in [1.54, 1.807) is 13.1 Å². The Morgan fingerprint density at radius 2 is 2.38 bits per heavy atom. The van der Waals surface area contributed by atoms with Crippen molar-refractivity contribution in [3.05, 3.63) is 42.0 Å². The first-order valence-corrected chi connectivity index (χ1v) is 4.18. The van der Waals surface area contributed by atoms with Crippen LogP contribution >= 0.6 is 0 Å². The summed E-state index contributed by atoms with van der Waals surface area (Å²) >= 11 is 0. The first-order chi connectivity index (χ1) is 6.26. The highest BCUT2D eigenvalue weighted by molar-refractivity contribution is 5.78. The molecule has 1 amide bonds. The minimum atomic E-state index is 0.0289. The smallest absolute Gasteiger partial charge is 0.224 e. The van der Waals surface area contributed by atoms with Gasteiger partial charge in [0.25, 0.3) is 0 Å².